The Bertz CT molecular complexity index is 546. The molecular formula is C15H18N2O3. The largest absolute Gasteiger partial charge is 0.457 e. The van der Waals surface area contributed by atoms with Crippen LogP contribution in [0.4, 0.5) is 0 Å². The van der Waals surface area contributed by atoms with Crippen molar-refractivity contribution in [2.75, 3.05) is 32.8 Å². The van der Waals surface area contributed by atoms with Gasteiger partial charge in [0, 0.05) is 37.8 Å². The smallest absolute Gasteiger partial charge is 0.338 e. The molecule has 4 rings (SSSR count). The van der Waals surface area contributed by atoms with Gasteiger partial charge < -0.3 is 14.8 Å². The predicted octanol–water partition coefficient (Wildman–Crippen LogP) is 0.702. The van der Waals surface area contributed by atoms with Gasteiger partial charge in [-0.2, -0.15) is 0 Å². The molecule has 1 aromatic carbocycles. The van der Waals surface area contributed by atoms with Crippen molar-refractivity contribution in [3.63, 3.8) is 0 Å². The summed E-state index contributed by atoms with van der Waals surface area (Å²) in [6.07, 6.45) is 0.102. The van der Waals surface area contributed by atoms with Crippen molar-refractivity contribution in [2.45, 2.75) is 18.8 Å². The zero-order chi connectivity index (χ0) is 13.5. The van der Waals surface area contributed by atoms with Gasteiger partial charge in [0.2, 0.25) is 0 Å². The zero-order valence-corrected chi connectivity index (χ0v) is 11.3. The Kier molecular flexibility index (Phi) is 2.98. The number of fused-ring (bicyclic) bond motifs is 2. The zero-order valence-electron chi connectivity index (χ0n) is 11.3. The van der Waals surface area contributed by atoms with Gasteiger partial charge in [-0.3, -0.25) is 4.90 Å². The molecule has 1 aromatic rings. The molecule has 20 heavy (non-hydrogen) atoms. The molecule has 2 fully saturated rings. The molecule has 0 bridgehead atoms. The SMILES string of the molecule is O=C1OCc2cc(C3CN4CCNCC4CO3)ccc21. The third-order valence-corrected chi connectivity index (χ3v) is 4.44. The fourth-order valence-corrected chi connectivity index (χ4v) is 3.26. The van der Waals surface area contributed by atoms with E-state index in [2.05, 4.69) is 16.3 Å². The molecule has 1 N–H and O–H groups in total. The topological polar surface area (TPSA) is 50.8 Å². The van der Waals surface area contributed by atoms with E-state index in [-0.39, 0.29) is 12.1 Å². The Hall–Kier alpha value is -1.43. The Morgan fingerprint density at radius 3 is 3.25 bits per heavy atom. The lowest BCUT2D eigenvalue weighted by molar-refractivity contribution is -0.0718. The van der Waals surface area contributed by atoms with Gasteiger partial charge in [0.1, 0.15) is 6.61 Å². The molecule has 2 unspecified atom stereocenters. The maximum Gasteiger partial charge on any atom is 0.338 e. The number of hydrogen-bond donors (Lipinski definition) is 1. The molecule has 3 aliphatic heterocycles. The molecule has 2 saturated heterocycles. The second kappa shape index (κ2) is 4.84. The minimum absolute atomic E-state index is 0.102. The number of morpholine rings is 1. The molecule has 0 saturated carbocycles. The number of piperazine rings is 1. The molecule has 0 radical (unpaired) electrons. The van der Waals surface area contributed by atoms with Crippen LogP contribution in [0, 0.1) is 0 Å². The molecule has 0 amide bonds. The van der Waals surface area contributed by atoms with Crippen molar-refractivity contribution in [2.24, 2.45) is 0 Å². The molecule has 0 spiro atoms. The van der Waals surface area contributed by atoms with E-state index in [1.165, 1.54) is 0 Å². The molecule has 5 heteroatoms. The summed E-state index contributed by atoms with van der Waals surface area (Å²) in [5, 5.41) is 3.40. The predicted molar refractivity (Wildman–Crippen MR) is 72.5 cm³/mol. The van der Waals surface area contributed by atoms with Gasteiger partial charge in [-0.15, -0.1) is 0 Å². The van der Waals surface area contributed by atoms with E-state index >= 15 is 0 Å². The molecule has 3 heterocycles. The summed E-state index contributed by atoms with van der Waals surface area (Å²) < 4.78 is 11.1. The summed E-state index contributed by atoms with van der Waals surface area (Å²) in [6.45, 7) is 5.24. The maximum atomic E-state index is 11.5. The summed E-state index contributed by atoms with van der Waals surface area (Å²) in [7, 11) is 0. The van der Waals surface area contributed by atoms with E-state index < -0.39 is 0 Å². The summed E-state index contributed by atoms with van der Waals surface area (Å²) in [5.74, 6) is -0.210. The first-order valence-corrected chi connectivity index (χ1v) is 7.17. The van der Waals surface area contributed by atoms with Crippen LogP contribution in [0.3, 0.4) is 0 Å². The quantitative estimate of drug-likeness (QED) is 0.764. The molecule has 3 aliphatic rings. The number of carbonyl (C=O) groups is 1. The molecule has 2 atom stereocenters. The average molecular weight is 274 g/mol. The van der Waals surface area contributed by atoms with Crippen LogP contribution in [0.15, 0.2) is 18.2 Å². The number of carbonyl (C=O) groups excluding carboxylic acids is 1. The van der Waals surface area contributed by atoms with Crippen LogP contribution < -0.4 is 5.32 Å². The average Bonchev–Trinajstić information content (AvgIpc) is 2.88. The highest BCUT2D eigenvalue weighted by molar-refractivity contribution is 5.93. The maximum absolute atomic E-state index is 11.5. The lowest BCUT2D eigenvalue weighted by Gasteiger charge is -2.42. The van der Waals surface area contributed by atoms with Crippen molar-refractivity contribution < 1.29 is 14.3 Å². The lowest BCUT2D eigenvalue weighted by atomic mass is 10.00. The first-order chi connectivity index (χ1) is 9.81. The molecule has 106 valence electrons. The van der Waals surface area contributed by atoms with E-state index in [1.807, 2.05) is 12.1 Å². The number of esters is 1. The van der Waals surface area contributed by atoms with Crippen molar-refractivity contribution >= 4 is 5.97 Å². The third kappa shape index (κ3) is 2.02. The van der Waals surface area contributed by atoms with Crippen molar-refractivity contribution in [1.82, 2.24) is 10.2 Å². The number of nitrogens with zero attached hydrogens (tertiary/aromatic N) is 1. The highest BCUT2D eigenvalue weighted by Crippen LogP contribution is 2.29. The summed E-state index contributed by atoms with van der Waals surface area (Å²) in [6, 6.07) is 6.43. The van der Waals surface area contributed by atoms with Crippen LogP contribution >= 0.6 is 0 Å². The Labute approximate surface area is 117 Å². The van der Waals surface area contributed by atoms with Crippen LogP contribution in [0.1, 0.15) is 27.6 Å². The van der Waals surface area contributed by atoms with E-state index in [4.69, 9.17) is 9.47 Å². The Morgan fingerprint density at radius 2 is 2.30 bits per heavy atom. The van der Waals surface area contributed by atoms with E-state index in [9.17, 15) is 4.79 Å². The van der Waals surface area contributed by atoms with Crippen molar-refractivity contribution in [3.05, 3.63) is 34.9 Å². The number of nitrogens with one attached hydrogen (secondary N) is 1. The monoisotopic (exact) mass is 274 g/mol. The highest BCUT2D eigenvalue weighted by atomic mass is 16.5. The second-order valence-corrected chi connectivity index (χ2v) is 5.67. The fraction of sp³-hybridized carbons (Fsp3) is 0.533. The van der Waals surface area contributed by atoms with Gasteiger partial charge in [0.05, 0.1) is 18.3 Å². The standard InChI is InChI=1S/C15H18N2O3/c18-15-13-2-1-10(5-11(13)8-20-15)14-7-17-4-3-16-6-12(17)9-19-14/h1-2,5,12,14,16H,3-4,6-9H2. The number of ether oxygens (including phenoxy) is 2. The normalized spacial score (nSPS) is 29.7. The van der Waals surface area contributed by atoms with Crippen LogP contribution in [-0.2, 0) is 16.1 Å². The van der Waals surface area contributed by atoms with Gasteiger partial charge in [-0.05, 0) is 17.7 Å². The minimum atomic E-state index is -0.210. The van der Waals surface area contributed by atoms with Gasteiger partial charge in [-0.1, -0.05) is 6.07 Å². The number of cyclic esters (lactones) is 1. The Morgan fingerprint density at radius 1 is 1.35 bits per heavy atom. The Balaban J connectivity index is 1.55. The second-order valence-electron chi connectivity index (χ2n) is 5.67. The van der Waals surface area contributed by atoms with E-state index in [1.54, 1.807) is 0 Å². The van der Waals surface area contributed by atoms with Gasteiger partial charge in [0.25, 0.3) is 0 Å². The van der Waals surface area contributed by atoms with Gasteiger partial charge in [-0.25, -0.2) is 4.79 Å². The van der Waals surface area contributed by atoms with Crippen LogP contribution in [0.5, 0.6) is 0 Å². The number of rotatable bonds is 1. The minimum Gasteiger partial charge on any atom is -0.457 e. The first-order valence-electron chi connectivity index (χ1n) is 7.17. The number of hydrogen-bond acceptors (Lipinski definition) is 5. The van der Waals surface area contributed by atoms with Crippen LogP contribution in [0.25, 0.3) is 0 Å². The van der Waals surface area contributed by atoms with E-state index in [0.717, 1.165) is 43.9 Å². The summed E-state index contributed by atoms with van der Waals surface area (Å²) in [5.41, 5.74) is 2.84. The lowest BCUT2D eigenvalue weighted by Crippen LogP contribution is -2.57. The molecule has 5 nitrogen and oxygen atoms in total. The van der Waals surface area contributed by atoms with Crippen LogP contribution in [-0.4, -0.2) is 49.7 Å². The van der Waals surface area contributed by atoms with Gasteiger partial charge >= 0.3 is 5.97 Å². The summed E-state index contributed by atoms with van der Waals surface area (Å²) in [4.78, 5) is 14.0. The molecular weight excluding hydrogens is 256 g/mol. The van der Waals surface area contributed by atoms with Crippen LogP contribution in [0.2, 0.25) is 0 Å². The number of benzene rings is 1. The molecule has 0 aromatic heterocycles. The first kappa shape index (κ1) is 12.3. The third-order valence-electron chi connectivity index (χ3n) is 4.44. The van der Waals surface area contributed by atoms with Gasteiger partial charge in [0.15, 0.2) is 0 Å². The summed E-state index contributed by atoms with van der Waals surface area (Å²) >= 11 is 0. The molecule has 0 aliphatic carbocycles. The highest BCUT2D eigenvalue weighted by Gasteiger charge is 2.32. The fourth-order valence-electron chi connectivity index (χ4n) is 3.26. The van der Waals surface area contributed by atoms with Crippen molar-refractivity contribution in [3.8, 4) is 0 Å². The van der Waals surface area contributed by atoms with Crippen molar-refractivity contribution in [1.29, 1.82) is 0 Å². The van der Waals surface area contributed by atoms with E-state index in [0.29, 0.717) is 18.2 Å².